The fraction of sp³-hybridized carbons (Fsp3) is 0.476. The Morgan fingerprint density at radius 1 is 1.29 bits per heavy atom. The number of aliphatic hydroxyl groups is 1. The van der Waals surface area contributed by atoms with E-state index in [2.05, 4.69) is 20.6 Å². The molecule has 0 radical (unpaired) electrons. The molecule has 4 rings (SSSR count). The number of fused-ring (bicyclic) bond motifs is 1. The summed E-state index contributed by atoms with van der Waals surface area (Å²) in [4.78, 5) is 32.0. The van der Waals surface area contributed by atoms with Gasteiger partial charge < -0.3 is 15.3 Å². The van der Waals surface area contributed by atoms with Crippen LogP contribution in [0.1, 0.15) is 33.2 Å². The van der Waals surface area contributed by atoms with E-state index in [1.165, 1.54) is 23.3 Å². The predicted molar refractivity (Wildman–Crippen MR) is 117 cm³/mol. The van der Waals surface area contributed by atoms with Gasteiger partial charge in [0, 0.05) is 20.0 Å². The Hall–Kier alpha value is -2.85. The van der Waals surface area contributed by atoms with E-state index in [1.807, 2.05) is 45.0 Å². The van der Waals surface area contributed by atoms with Crippen LogP contribution in [-0.4, -0.2) is 67.5 Å². The molecule has 1 aliphatic rings. The van der Waals surface area contributed by atoms with Gasteiger partial charge >= 0.3 is 0 Å². The summed E-state index contributed by atoms with van der Waals surface area (Å²) in [6.07, 6.45) is 1.21. The first-order valence-electron chi connectivity index (χ1n) is 10.2. The molecule has 0 unspecified atom stereocenters. The van der Waals surface area contributed by atoms with E-state index in [9.17, 15) is 14.7 Å². The third kappa shape index (κ3) is 4.05. The summed E-state index contributed by atoms with van der Waals surface area (Å²) in [5.41, 5.74) is 0.976. The highest BCUT2D eigenvalue weighted by Crippen LogP contribution is 2.35. The monoisotopic (exact) mass is 442 g/mol. The van der Waals surface area contributed by atoms with Crippen LogP contribution in [0.3, 0.4) is 0 Å². The number of nitrogens with zero attached hydrogens (tertiary/aromatic N) is 5. The zero-order valence-corrected chi connectivity index (χ0v) is 18.8. The SMILES string of the molecule is CNC(=O)[C@@H]1C[C@@H](O)CN1C(=O)[C@@H](n1cc(-c2nc3ccccc3s2)nn1)C(C)(C)C. The minimum absolute atomic E-state index is 0.114. The number of β-amino-alcohol motifs (C(OH)–C–C–N with tert-alkyl or cyclic N) is 1. The van der Waals surface area contributed by atoms with Crippen molar-refractivity contribution in [3.63, 3.8) is 0 Å². The Morgan fingerprint density at radius 3 is 2.71 bits per heavy atom. The average Bonchev–Trinajstić information content (AvgIpc) is 3.43. The van der Waals surface area contributed by atoms with Crippen LogP contribution < -0.4 is 5.32 Å². The number of para-hydroxylation sites is 1. The second-order valence-electron chi connectivity index (χ2n) is 8.85. The van der Waals surface area contributed by atoms with Crippen LogP contribution >= 0.6 is 11.3 Å². The quantitative estimate of drug-likeness (QED) is 0.638. The van der Waals surface area contributed by atoms with Crippen LogP contribution in [0.15, 0.2) is 30.5 Å². The van der Waals surface area contributed by atoms with E-state index in [1.54, 1.807) is 10.9 Å². The molecule has 0 bridgehead atoms. The standard InChI is InChI=1S/C21H26N6O3S/c1-21(2,3)17(20(30)26-10-12(28)9-15(26)18(29)22-4)27-11-14(24-25-27)19-23-13-7-5-6-8-16(13)31-19/h5-8,11-12,15,17,28H,9-10H2,1-4H3,(H,22,29)/t12-,15+,17-/m1/s1. The van der Waals surface area contributed by atoms with Gasteiger partial charge in [-0.25, -0.2) is 9.67 Å². The Kier molecular flexibility index (Phi) is 5.52. The number of rotatable bonds is 4. The maximum atomic E-state index is 13.6. The number of aliphatic hydroxyl groups excluding tert-OH is 1. The van der Waals surface area contributed by atoms with Gasteiger partial charge in [0.15, 0.2) is 0 Å². The van der Waals surface area contributed by atoms with Gasteiger partial charge in [-0.15, -0.1) is 16.4 Å². The fourth-order valence-corrected chi connectivity index (χ4v) is 4.91. The molecule has 10 heteroatoms. The van der Waals surface area contributed by atoms with Gasteiger partial charge in [0.25, 0.3) is 0 Å². The molecule has 0 saturated carbocycles. The molecule has 0 aliphatic carbocycles. The molecule has 2 N–H and O–H groups in total. The molecule has 1 aliphatic heterocycles. The Balaban J connectivity index is 1.67. The topological polar surface area (TPSA) is 113 Å². The highest BCUT2D eigenvalue weighted by molar-refractivity contribution is 7.21. The number of amides is 2. The minimum Gasteiger partial charge on any atom is -0.391 e. The van der Waals surface area contributed by atoms with Crippen molar-refractivity contribution < 1.29 is 14.7 Å². The summed E-state index contributed by atoms with van der Waals surface area (Å²) in [6.45, 7) is 5.94. The number of likely N-dealkylation sites (tertiary alicyclic amines) is 1. The molecule has 1 aromatic carbocycles. The van der Waals surface area contributed by atoms with Crippen molar-refractivity contribution in [2.24, 2.45) is 5.41 Å². The van der Waals surface area contributed by atoms with Gasteiger partial charge in [0.05, 0.1) is 22.5 Å². The first kappa shape index (κ1) is 21.4. The van der Waals surface area contributed by atoms with E-state index in [0.717, 1.165) is 15.2 Å². The van der Waals surface area contributed by atoms with Crippen LogP contribution in [-0.2, 0) is 9.59 Å². The van der Waals surface area contributed by atoms with E-state index in [-0.39, 0.29) is 24.8 Å². The average molecular weight is 443 g/mol. The predicted octanol–water partition coefficient (Wildman–Crippen LogP) is 1.85. The summed E-state index contributed by atoms with van der Waals surface area (Å²) in [7, 11) is 1.53. The van der Waals surface area contributed by atoms with E-state index >= 15 is 0 Å². The van der Waals surface area contributed by atoms with Crippen molar-refractivity contribution in [1.82, 2.24) is 30.2 Å². The van der Waals surface area contributed by atoms with Crippen LogP contribution in [0.25, 0.3) is 20.9 Å². The molecule has 0 spiro atoms. The molecule has 3 heterocycles. The number of carbonyl (C=O) groups is 2. The largest absolute Gasteiger partial charge is 0.391 e. The second-order valence-corrected chi connectivity index (χ2v) is 9.88. The number of hydrogen-bond donors (Lipinski definition) is 2. The summed E-state index contributed by atoms with van der Waals surface area (Å²) in [5.74, 6) is -0.551. The van der Waals surface area contributed by atoms with E-state index in [4.69, 9.17) is 0 Å². The van der Waals surface area contributed by atoms with Crippen molar-refractivity contribution in [1.29, 1.82) is 0 Å². The smallest absolute Gasteiger partial charge is 0.248 e. The molecule has 164 valence electrons. The lowest BCUT2D eigenvalue weighted by atomic mass is 9.85. The Labute approximate surface area is 184 Å². The van der Waals surface area contributed by atoms with Crippen LogP contribution in [0.5, 0.6) is 0 Å². The summed E-state index contributed by atoms with van der Waals surface area (Å²) >= 11 is 1.52. The van der Waals surface area contributed by atoms with Crippen LogP contribution in [0.2, 0.25) is 0 Å². The Bertz CT molecular complexity index is 1080. The molecule has 9 nitrogen and oxygen atoms in total. The molecular weight excluding hydrogens is 416 g/mol. The highest BCUT2D eigenvalue weighted by atomic mass is 32.1. The van der Waals surface area contributed by atoms with Gasteiger partial charge in [0.2, 0.25) is 11.8 Å². The maximum absolute atomic E-state index is 13.6. The molecular formula is C21H26N6O3S. The van der Waals surface area contributed by atoms with Crippen molar-refractivity contribution in [3.8, 4) is 10.7 Å². The lowest BCUT2D eigenvalue weighted by Gasteiger charge is -2.34. The minimum atomic E-state index is -0.735. The van der Waals surface area contributed by atoms with Gasteiger partial charge in [-0.2, -0.15) is 0 Å². The summed E-state index contributed by atoms with van der Waals surface area (Å²) in [5, 5.41) is 22.0. The summed E-state index contributed by atoms with van der Waals surface area (Å²) < 4.78 is 2.60. The number of carbonyl (C=O) groups excluding carboxylic acids is 2. The summed E-state index contributed by atoms with van der Waals surface area (Å²) in [6, 6.07) is 6.44. The molecule has 31 heavy (non-hydrogen) atoms. The van der Waals surface area contributed by atoms with E-state index in [0.29, 0.717) is 5.69 Å². The van der Waals surface area contributed by atoms with Crippen molar-refractivity contribution in [2.75, 3.05) is 13.6 Å². The lowest BCUT2D eigenvalue weighted by molar-refractivity contribution is -0.144. The number of likely N-dealkylation sites (N-methyl/N-ethyl adjacent to an activating group) is 1. The maximum Gasteiger partial charge on any atom is 0.248 e. The highest BCUT2D eigenvalue weighted by Gasteiger charge is 2.45. The first-order valence-corrected chi connectivity index (χ1v) is 11.0. The first-order chi connectivity index (χ1) is 14.7. The molecule has 1 fully saturated rings. The molecule has 1 saturated heterocycles. The second kappa shape index (κ2) is 8.01. The van der Waals surface area contributed by atoms with Gasteiger partial charge in [0.1, 0.15) is 22.8 Å². The zero-order chi connectivity index (χ0) is 22.3. The van der Waals surface area contributed by atoms with Crippen molar-refractivity contribution >= 4 is 33.4 Å². The van der Waals surface area contributed by atoms with Crippen molar-refractivity contribution in [3.05, 3.63) is 30.5 Å². The third-order valence-electron chi connectivity index (χ3n) is 5.45. The number of nitrogens with one attached hydrogen (secondary N) is 1. The number of aromatic nitrogens is 4. The van der Waals surface area contributed by atoms with Crippen molar-refractivity contribution in [2.45, 2.75) is 45.4 Å². The molecule has 3 atom stereocenters. The number of hydrogen-bond acceptors (Lipinski definition) is 7. The number of thiazole rings is 1. The number of benzene rings is 1. The third-order valence-corrected chi connectivity index (χ3v) is 6.51. The van der Waals surface area contributed by atoms with Gasteiger partial charge in [-0.1, -0.05) is 38.1 Å². The zero-order valence-electron chi connectivity index (χ0n) is 17.9. The van der Waals surface area contributed by atoms with Gasteiger partial charge in [-0.3, -0.25) is 9.59 Å². The lowest BCUT2D eigenvalue weighted by Crippen LogP contribution is -2.49. The molecule has 3 aromatic rings. The fourth-order valence-electron chi connectivity index (χ4n) is 3.99. The molecule has 2 amide bonds. The van der Waals surface area contributed by atoms with Gasteiger partial charge in [-0.05, 0) is 17.5 Å². The Morgan fingerprint density at radius 2 is 2.03 bits per heavy atom. The van der Waals surface area contributed by atoms with Crippen LogP contribution in [0, 0.1) is 5.41 Å². The van der Waals surface area contributed by atoms with E-state index < -0.39 is 23.6 Å². The normalized spacial score (nSPS) is 20.2. The molecule has 2 aromatic heterocycles. The van der Waals surface area contributed by atoms with Crippen LogP contribution in [0.4, 0.5) is 0 Å².